The Kier molecular flexibility index (Phi) is 7.01. The molecule has 6 heteroatoms. The van der Waals surface area contributed by atoms with Crippen molar-refractivity contribution >= 4 is 5.91 Å². The second-order valence-electron chi connectivity index (χ2n) is 7.45. The van der Waals surface area contributed by atoms with Gasteiger partial charge in [0.1, 0.15) is 12.3 Å². The van der Waals surface area contributed by atoms with Crippen LogP contribution in [-0.2, 0) is 11.3 Å². The molecule has 3 aromatic rings. The molecule has 1 aromatic heterocycles. The second kappa shape index (κ2) is 9.87. The number of carbonyl (C=O) groups excluding carboxylic acids is 1. The maximum Gasteiger partial charge on any atom is 0.261 e. The molecule has 0 N–H and O–H groups in total. The summed E-state index contributed by atoms with van der Waals surface area (Å²) in [4.78, 5) is 18.6. The number of hydrogen-bond acceptors (Lipinski definition) is 5. The number of amides is 1. The van der Waals surface area contributed by atoms with E-state index in [2.05, 4.69) is 30.6 Å². The van der Waals surface area contributed by atoms with Crippen LogP contribution in [0.25, 0.3) is 11.4 Å². The van der Waals surface area contributed by atoms with E-state index < -0.39 is 0 Å². The molecule has 0 radical (unpaired) electrons. The number of aromatic nitrogens is 2. The van der Waals surface area contributed by atoms with Gasteiger partial charge in [0.05, 0.1) is 0 Å². The van der Waals surface area contributed by atoms with E-state index in [4.69, 9.17) is 9.26 Å². The monoisotopic (exact) mass is 405 g/mol. The summed E-state index contributed by atoms with van der Waals surface area (Å²) in [6, 6.07) is 15.6. The lowest BCUT2D eigenvalue weighted by molar-refractivity contribution is -0.133. The zero-order valence-electron chi connectivity index (χ0n) is 17.7. The summed E-state index contributed by atoms with van der Waals surface area (Å²) in [7, 11) is 0. The molecule has 1 heterocycles. The van der Waals surface area contributed by atoms with Crippen LogP contribution in [0.3, 0.4) is 0 Å². The van der Waals surface area contributed by atoms with E-state index in [0.717, 1.165) is 11.1 Å². The smallest absolute Gasteiger partial charge is 0.261 e. The third kappa shape index (κ3) is 5.56. The normalized spacial score (nSPS) is 10.8. The summed E-state index contributed by atoms with van der Waals surface area (Å²) < 4.78 is 11.0. The molecule has 0 bridgehead atoms. The Morgan fingerprint density at radius 3 is 2.50 bits per heavy atom. The molecule has 6 nitrogen and oxygen atoms in total. The standard InChI is InChI=1S/C24H27N3O3/c1-5-14-27(23(28)16-29-21-12-10-19(11-13-21)17(2)3)15-22-25-24(26-30-22)20-8-6-18(4)7-9-20/h5-13,17H,1,14-16H2,2-4H3. The van der Waals surface area contributed by atoms with Gasteiger partial charge < -0.3 is 14.2 Å². The first-order chi connectivity index (χ1) is 14.5. The van der Waals surface area contributed by atoms with E-state index in [1.807, 2.05) is 55.5 Å². The molecule has 0 spiro atoms. The van der Waals surface area contributed by atoms with Crippen molar-refractivity contribution in [2.75, 3.05) is 13.2 Å². The van der Waals surface area contributed by atoms with Crippen molar-refractivity contribution in [1.82, 2.24) is 15.0 Å². The third-order valence-corrected chi connectivity index (χ3v) is 4.72. The number of rotatable bonds is 9. The van der Waals surface area contributed by atoms with Gasteiger partial charge in [0.15, 0.2) is 6.61 Å². The predicted octanol–water partition coefficient (Wildman–Crippen LogP) is 4.76. The minimum Gasteiger partial charge on any atom is -0.484 e. The van der Waals surface area contributed by atoms with Gasteiger partial charge in [-0.2, -0.15) is 4.98 Å². The Morgan fingerprint density at radius 2 is 1.87 bits per heavy atom. The highest BCUT2D eigenvalue weighted by molar-refractivity contribution is 5.77. The van der Waals surface area contributed by atoms with Gasteiger partial charge in [-0.15, -0.1) is 6.58 Å². The van der Waals surface area contributed by atoms with E-state index in [9.17, 15) is 4.79 Å². The lowest BCUT2D eigenvalue weighted by Gasteiger charge is -2.19. The van der Waals surface area contributed by atoms with Crippen LogP contribution in [0.4, 0.5) is 0 Å². The zero-order valence-corrected chi connectivity index (χ0v) is 17.7. The molecular formula is C24H27N3O3. The summed E-state index contributed by atoms with van der Waals surface area (Å²) >= 11 is 0. The van der Waals surface area contributed by atoms with Crippen LogP contribution >= 0.6 is 0 Å². The fourth-order valence-electron chi connectivity index (χ4n) is 2.90. The quantitative estimate of drug-likeness (QED) is 0.480. The molecule has 2 aromatic carbocycles. The summed E-state index contributed by atoms with van der Waals surface area (Å²) in [5.74, 6) is 1.78. The number of nitrogens with zero attached hydrogens (tertiary/aromatic N) is 3. The maximum absolute atomic E-state index is 12.7. The highest BCUT2D eigenvalue weighted by Gasteiger charge is 2.18. The highest BCUT2D eigenvalue weighted by atomic mass is 16.5. The minimum absolute atomic E-state index is 0.0756. The van der Waals surface area contributed by atoms with Gasteiger partial charge in [0.25, 0.3) is 5.91 Å². The molecule has 0 fully saturated rings. The molecular weight excluding hydrogens is 378 g/mol. The Bertz CT molecular complexity index is 976. The summed E-state index contributed by atoms with van der Waals surface area (Å²) in [6.07, 6.45) is 1.66. The second-order valence-corrected chi connectivity index (χ2v) is 7.45. The van der Waals surface area contributed by atoms with E-state index in [1.165, 1.54) is 5.56 Å². The van der Waals surface area contributed by atoms with Crippen molar-refractivity contribution in [3.8, 4) is 17.1 Å². The molecule has 0 saturated carbocycles. The molecule has 0 unspecified atom stereocenters. The maximum atomic E-state index is 12.7. The number of aryl methyl sites for hydroxylation is 1. The number of benzene rings is 2. The molecule has 0 aliphatic rings. The molecule has 0 aliphatic heterocycles. The lowest BCUT2D eigenvalue weighted by atomic mass is 10.0. The highest BCUT2D eigenvalue weighted by Crippen LogP contribution is 2.19. The molecule has 0 aliphatic carbocycles. The average Bonchev–Trinajstić information content (AvgIpc) is 3.21. The molecule has 3 rings (SSSR count). The van der Waals surface area contributed by atoms with Crippen LogP contribution in [0.15, 0.2) is 65.7 Å². The summed E-state index contributed by atoms with van der Waals surface area (Å²) in [5, 5.41) is 4.02. The van der Waals surface area contributed by atoms with Crippen LogP contribution in [0.2, 0.25) is 0 Å². The van der Waals surface area contributed by atoms with Gasteiger partial charge in [-0.3, -0.25) is 4.79 Å². The molecule has 0 atom stereocenters. The van der Waals surface area contributed by atoms with Crippen molar-refractivity contribution in [3.63, 3.8) is 0 Å². The van der Waals surface area contributed by atoms with E-state index in [0.29, 0.717) is 29.9 Å². The predicted molar refractivity (Wildman–Crippen MR) is 116 cm³/mol. The summed E-state index contributed by atoms with van der Waals surface area (Å²) in [5.41, 5.74) is 3.25. The number of carbonyl (C=O) groups is 1. The topological polar surface area (TPSA) is 68.5 Å². The fraction of sp³-hybridized carbons (Fsp3) is 0.292. The zero-order chi connectivity index (χ0) is 21.5. The lowest BCUT2D eigenvalue weighted by Crippen LogP contribution is -2.34. The van der Waals surface area contributed by atoms with Gasteiger partial charge in [0.2, 0.25) is 11.7 Å². The van der Waals surface area contributed by atoms with Gasteiger partial charge >= 0.3 is 0 Å². The largest absolute Gasteiger partial charge is 0.484 e. The van der Waals surface area contributed by atoms with Gasteiger partial charge in [-0.25, -0.2) is 0 Å². The third-order valence-electron chi connectivity index (χ3n) is 4.72. The molecule has 0 saturated heterocycles. The van der Waals surface area contributed by atoms with Crippen molar-refractivity contribution in [1.29, 1.82) is 0 Å². The van der Waals surface area contributed by atoms with E-state index in [1.54, 1.807) is 11.0 Å². The summed E-state index contributed by atoms with van der Waals surface area (Å²) in [6.45, 7) is 10.5. The number of ether oxygens (including phenoxy) is 1. The van der Waals surface area contributed by atoms with E-state index in [-0.39, 0.29) is 19.1 Å². The van der Waals surface area contributed by atoms with E-state index >= 15 is 0 Å². The average molecular weight is 405 g/mol. The Morgan fingerprint density at radius 1 is 1.17 bits per heavy atom. The first-order valence-corrected chi connectivity index (χ1v) is 9.97. The Labute approximate surface area is 177 Å². The van der Waals surface area contributed by atoms with Crippen molar-refractivity contribution in [3.05, 3.63) is 78.2 Å². The van der Waals surface area contributed by atoms with Crippen LogP contribution in [0.5, 0.6) is 5.75 Å². The molecule has 156 valence electrons. The molecule has 30 heavy (non-hydrogen) atoms. The van der Waals surface area contributed by atoms with Gasteiger partial charge in [-0.1, -0.05) is 67.0 Å². The van der Waals surface area contributed by atoms with Gasteiger partial charge in [0, 0.05) is 12.1 Å². The van der Waals surface area contributed by atoms with Crippen molar-refractivity contribution < 1.29 is 14.1 Å². The van der Waals surface area contributed by atoms with Gasteiger partial charge in [-0.05, 0) is 30.5 Å². The van der Waals surface area contributed by atoms with Crippen LogP contribution < -0.4 is 4.74 Å². The van der Waals surface area contributed by atoms with Crippen molar-refractivity contribution in [2.45, 2.75) is 33.2 Å². The number of hydrogen-bond donors (Lipinski definition) is 0. The first kappa shape index (κ1) is 21.3. The SMILES string of the molecule is C=CCN(Cc1nc(-c2ccc(C)cc2)no1)C(=O)COc1ccc(C(C)C)cc1. The first-order valence-electron chi connectivity index (χ1n) is 9.97. The fourth-order valence-corrected chi connectivity index (χ4v) is 2.90. The Balaban J connectivity index is 1.61. The Hall–Kier alpha value is -3.41. The van der Waals surface area contributed by atoms with Crippen molar-refractivity contribution in [2.24, 2.45) is 0 Å². The van der Waals surface area contributed by atoms with Crippen LogP contribution in [-0.4, -0.2) is 34.1 Å². The van der Waals surface area contributed by atoms with Crippen LogP contribution in [0, 0.1) is 6.92 Å². The molecule has 1 amide bonds. The minimum atomic E-state index is -0.182. The van der Waals surface area contributed by atoms with Crippen LogP contribution in [0.1, 0.15) is 36.8 Å².